The van der Waals surface area contributed by atoms with Crippen molar-refractivity contribution in [2.75, 3.05) is 0 Å². The monoisotopic (exact) mass is 550 g/mol. The average Bonchev–Trinajstić information content (AvgIpc) is 3.75. The molecule has 0 N–H and O–H groups in total. The number of hydrogen-bond donors (Lipinski definition) is 0. The molecule has 43 heavy (non-hydrogen) atoms. The molecule has 0 spiro atoms. The minimum Gasteiger partial charge on any atom is -0.456 e. The molecule has 4 heteroatoms. The van der Waals surface area contributed by atoms with E-state index in [1.54, 1.807) is 0 Å². The number of hydrogen-bond acceptors (Lipinski definition) is 3. The van der Waals surface area contributed by atoms with Crippen molar-refractivity contribution in [2.45, 2.75) is 0 Å². The van der Waals surface area contributed by atoms with E-state index in [1.807, 2.05) is 30.3 Å². The van der Waals surface area contributed by atoms with Crippen molar-refractivity contribution in [3.8, 4) is 17.1 Å². The highest BCUT2D eigenvalue weighted by atomic mass is 16.4. The number of aromatic nitrogens is 2. The highest BCUT2D eigenvalue weighted by molar-refractivity contribution is 6.17. The van der Waals surface area contributed by atoms with Crippen LogP contribution in [-0.2, 0) is 0 Å². The highest BCUT2D eigenvalue weighted by Gasteiger charge is 2.20. The Labute approximate surface area is 245 Å². The molecular weight excluding hydrogens is 528 g/mol. The maximum absolute atomic E-state index is 6.45. The molecule has 3 heterocycles. The van der Waals surface area contributed by atoms with E-state index >= 15 is 0 Å². The summed E-state index contributed by atoms with van der Waals surface area (Å²) in [5, 5.41) is 9.22. The molecular formula is C39H22N2O2. The van der Waals surface area contributed by atoms with Crippen LogP contribution in [0.2, 0.25) is 0 Å². The fraction of sp³-hybridized carbons (Fsp3) is 0. The van der Waals surface area contributed by atoms with Crippen molar-refractivity contribution >= 4 is 76.4 Å². The molecule has 0 fully saturated rings. The topological polar surface area (TPSA) is 44.1 Å². The first-order chi connectivity index (χ1) is 21.3. The number of rotatable bonds is 2. The van der Waals surface area contributed by atoms with Crippen molar-refractivity contribution < 1.29 is 8.83 Å². The molecule has 10 aromatic rings. The van der Waals surface area contributed by atoms with Crippen LogP contribution in [0.5, 0.6) is 0 Å². The van der Waals surface area contributed by atoms with E-state index in [4.69, 9.17) is 13.8 Å². The number of para-hydroxylation sites is 2. The van der Waals surface area contributed by atoms with Gasteiger partial charge in [0.15, 0.2) is 5.58 Å². The van der Waals surface area contributed by atoms with Crippen molar-refractivity contribution in [3.63, 3.8) is 0 Å². The number of oxazole rings is 1. The second-order valence-electron chi connectivity index (χ2n) is 11.1. The predicted octanol–water partition coefficient (Wildman–Crippen LogP) is 10.8. The molecule has 3 aromatic heterocycles. The number of benzene rings is 7. The first kappa shape index (κ1) is 22.8. The van der Waals surface area contributed by atoms with Crippen LogP contribution in [0.25, 0.3) is 93.5 Å². The van der Waals surface area contributed by atoms with Crippen molar-refractivity contribution in [3.05, 3.63) is 133 Å². The van der Waals surface area contributed by atoms with Gasteiger partial charge in [-0.05, 0) is 64.7 Å². The lowest BCUT2D eigenvalue weighted by atomic mass is 10.0. The van der Waals surface area contributed by atoms with Crippen LogP contribution in [0.1, 0.15) is 0 Å². The Bertz CT molecular complexity index is 2740. The molecule has 0 radical (unpaired) electrons. The number of nitrogens with zero attached hydrogens (tertiary/aromatic N) is 2. The molecule has 0 amide bonds. The van der Waals surface area contributed by atoms with Crippen LogP contribution in [0.4, 0.5) is 0 Å². The lowest BCUT2D eigenvalue weighted by molar-refractivity contribution is 0.620. The molecule has 10 rings (SSSR count). The summed E-state index contributed by atoms with van der Waals surface area (Å²) in [5.74, 6) is 0.601. The second kappa shape index (κ2) is 8.34. The zero-order valence-electron chi connectivity index (χ0n) is 22.9. The summed E-state index contributed by atoms with van der Waals surface area (Å²) in [7, 11) is 0. The van der Waals surface area contributed by atoms with Gasteiger partial charge < -0.3 is 13.4 Å². The Balaban J connectivity index is 1.25. The molecule has 4 nitrogen and oxygen atoms in total. The largest absolute Gasteiger partial charge is 0.456 e. The van der Waals surface area contributed by atoms with Crippen molar-refractivity contribution in [1.29, 1.82) is 0 Å². The van der Waals surface area contributed by atoms with Crippen molar-refractivity contribution in [2.24, 2.45) is 0 Å². The summed E-state index contributed by atoms with van der Waals surface area (Å²) in [5.41, 5.74) is 7.69. The first-order valence-corrected chi connectivity index (χ1v) is 14.5. The first-order valence-electron chi connectivity index (χ1n) is 14.5. The van der Waals surface area contributed by atoms with Crippen LogP contribution >= 0.6 is 0 Å². The SMILES string of the molecule is c1ccc2cc3c(cc2c1)c1ccccc1n3-c1ccc(-c2nc3c(ccc4oc5ccccc5c43)o2)c2ccccc12. The van der Waals surface area contributed by atoms with Gasteiger partial charge in [-0.15, -0.1) is 0 Å². The second-order valence-corrected chi connectivity index (χ2v) is 11.1. The lowest BCUT2D eigenvalue weighted by Gasteiger charge is -2.14. The molecule has 0 aliphatic heterocycles. The van der Waals surface area contributed by atoms with E-state index in [0.717, 1.165) is 55.1 Å². The highest BCUT2D eigenvalue weighted by Crippen LogP contribution is 2.41. The molecule has 0 atom stereocenters. The van der Waals surface area contributed by atoms with Gasteiger partial charge in [0.25, 0.3) is 0 Å². The van der Waals surface area contributed by atoms with Crippen LogP contribution < -0.4 is 0 Å². The quantitative estimate of drug-likeness (QED) is 0.215. The molecule has 0 aliphatic carbocycles. The van der Waals surface area contributed by atoms with Gasteiger partial charge in [0.05, 0.1) is 22.1 Å². The van der Waals surface area contributed by atoms with Gasteiger partial charge in [-0.2, -0.15) is 0 Å². The van der Waals surface area contributed by atoms with E-state index in [1.165, 1.54) is 32.6 Å². The van der Waals surface area contributed by atoms with Gasteiger partial charge >= 0.3 is 0 Å². The Kier molecular flexibility index (Phi) is 4.42. The predicted molar refractivity (Wildman–Crippen MR) is 176 cm³/mol. The van der Waals surface area contributed by atoms with E-state index in [9.17, 15) is 0 Å². The zero-order chi connectivity index (χ0) is 28.1. The third kappa shape index (κ3) is 3.12. The van der Waals surface area contributed by atoms with E-state index in [0.29, 0.717) is 5.89 Å². The maximum Gasteiger partial charge on any atom is 0.227 e. The van der Waals surface area contributed by atoms with Gasteiger partial charge in [-0.1, -0.05) is 84.9 Å². The Morgan fingerprint density at radius 1 is 0.465 bits per heavy atom. The average molecular weight is 551 g/mol. The fourth-order valence-electron chi connectivity index (χ4n) is 6.90. The minimum atomic E-state index is 0.601. The summed E-state index contributed by atoms with van der Waals surface area (Å²) in [6.45, 7) is 0. The van der Waals surface area contributed by atoms with Gasteiger partial charge in [-0.3, -0.25) is 0 Å². The molecule has 0 unspecified atom stereocenters. The number of fused-ring (bicyclic) bond motifs is 10. The fourth-order valence-corrected chi connectivity index (χ4v) is 6.90. The van der Waals surface area contributed by atoms with E-state index < -0.39 is 0 Å². The lowest BCUT2D eigenvalue weighted by Crippen LogP contribution is -1.96. The molecule has 0 saturated carbocycles. The number of furan rings is 1. The van der Waals surface area contributed by atoms with E-state index in [2.05, 4.69) is 108 Å². The van der Waals surface area contributed by atoms with E-state index in [-0.39, 0.29) is 0 Å². The van der Waals surface area contributed by atoms with Gasteiger partial charge in [0.2, 0.25) is 5.89 Å². The molecule has 0 bridgehead atoms. The summed E-state index contributed by atoms with van der Waals surface area (Å²) >= 11 is 0. The third-order valence-corrected chi connectivity index (χ3v) is 8.81. The summed E-state index contributed by atoms with van der Waals surface area (Å²) in [4.78, 5) is 5.08. The van der Waals surface area contributed by atoms with Gasteiger partial charge in [0, 0.05) is 27.1 Å². The van der Waals surface area contributed by atoms with Crippen LogP contribution in [0, 0.1) is 0 Å². The standard InChI is InChI=1S/C39H22N2O2/c1-2-10-24-22-33-30(21-23(24)9-1)27-13-5-7-15-31(27)41(33)32-18-17-28(25-11-3-4-12-26(25)32)39-40-38-36(43-39)20-19-35-37(38)29-14-6-8-16-34(29)42-35/h1-22H. The zero-order valence-corrected chi connectivity index (χ0v) is 22.9. The summed E-state index contributed by atoms with van der Waals surface area (Å²) in [6.07, 6.45) is 0. The smallest absolute Gasteiger partial charge is 0.227 e. The summed E-state index contributed by atoms with van der Waals surface area (Å²) < 4.78 is 15.0. The molecule has 0 saturated heterocycles. The molecule has 200 valence electrons. The maximum atomic E-state index is 6.45. The van der Waals surface area contributed by atoms with Crippen LogP contribution in [0.3, 0.4) is 0 Å². The van der Waals surface area contributed by atoms with Crippen molar-refractivity contribution in [1.82, 2.24) is 9.55 Å². The van der Waals surface area contributed by atoms with Crippen LogP contribution in [0.15, 0.2) is 142 Å². The third-order valence-electron chi connectivity index (χ3n) is 8.81. The van der Waals surface area contributed by atoms with Crippen LogP contribution in [-0.4, -0.2) is 9.55 Å². The molecule has 7 aromatic carbocycles. The Morgan fingerprint density at radius 3 is 2.05 bits per heavy atom. The normalized spacial score (nSPS) is 12.2. The Hall–Kier alpha value is -5.87. The Morgan fingerprint density at radius 2 is 1.16 bits per heavy atom. The molecule has 0 aliphatic rings. The van der Waals surface area contributed by atoms with Gasteiger partial charge in [-0.25, -0.2) is 4.98 Å². The van der Waals surface area contributed by atoms with Gasteiger partial charge in [0.1, 0.15) is 16.7 Å². The minimum absolute atomic E-state index is 0.601. The summed E-state index contributed by atoms with van der Waals surface area (Å²) in [6, 6.07) is 46.8.